The van der Waals surface area contributed by atoms with Crippen molar-refractivity contribution in [1.82, 2.24) is 0 Å². The summed E-state index contributed by atoms with van der Waals surface area (Å²) in [6, 6.07) is 0. The fraction of sp³-hybridized carbons (Fsp3) is 0.733. The molecule has 0 aromatic rings. The molecule has 4 heteroatoms. The van der Waals surface area contributed by atoms with Gasteiger partial charge in [0.05, 0.1) is 24.4 Å². The second kappa shape index (κ2) is 7.26. The zero-order valence-electron chi connectivity index (χ0n) is 11.1. The molecule has 0 amide bonds. The Kier molecular flexibility index (Phi) is 5.95. The Labute approximate surface area is 132 Å². The Balaban J connectivity index is 1.81. The summed E-state index contributed by atoms with van der Waals surface area (Å²) in [6.45, 7) is 2.17. The number of hydrogen-bond acceptors (Lipinski definition) is 2. The van der Waals surface area contributed by atoms with Gasteiger partial charge >= 0.3 is 0 Å². The summed E-state index contributed by atoms with van der Waals surface area (Å²) in [7, 11) is 0. The molecular formula is C15H20Br2O2. The van der Waals surface area contributed by atoms with Crippen LogP contribution in [0.3, 0.4) is 0 Å². The van der Waals surface area contributed by atoms with Gasteiger partial charge in [0.15, 0.2) is 0 Å². The van der Waals surface area contributed by atoms with E-state index in [9.17, 15) is 0 Å². The molecule has 2 unspecified atom stereocenters. The summed E-state index contributed by atoms with van der Waals surface area (Å²) >= 11 is 7.37. The molecule has 2 aliphatic rings. The van der Waals surface area contributed by atoms with Crippen molar-refractivity contribution in [2.45, 2.75) is 66.7 Å². The minimum Gasteiger partial charge on any atom is -0.371 e. The summed E-state index contributed by atoms with van der Waals surface area (Å²) < 4.78 is 12.2. The van der Waals surface area contributed by atoms with Gasteiger partial charge in [0, 0.05) is 22.5 Å². The summed E-state index contributed by atoms with van der Waals surface area (Å²) in [5, 5.41) is 0. The third-order valence-corrected chi connectivity index (χ3v) is 6.02. The first-order chi connectivity index (χ1) is 9.15. The van der Waals surface area contributed by atoms with E-state index in [1.807, 2.05) is 6.08 Å². The third-order valence-electron chi connectivity index (χ3n) is 3.82. The van der Waals surface area contributed by atoms with E-state index in [4.69, 9.17) is 15.9 Å². The van der Waals surface area contributed by atoms with Crippen molar-refractivity contribution in [3.63, 3.8) is 0 Å². The standard InChI is InChI=1S/C15H20Br2O2/c1-3-5-6-7-11(17)13-9-15-14(19-13)8-12(18-15)10(16)4-2/h1,5-6,10-15H,4,7-9H2,2H3/b6-5-/t10?,11?,12-,13-,14-,15-/m1/s1. The van der Waals surface area contributed by atoms with Crippen molar-refractivity contribution in [2.24, 2.45) is 0 Å². The van der Waals surface area contributed by atoms with Crippen LogP contribution in [0.15, 0.2) is 12.2 Å². The second-order valence-electron chi connectivity index (χ2n) is 5.14. The average molecular weight is 392 g/mol. The zero-order valence-corrected chi connectivity index (χ0v) is 14.3. The van der Waals surface area contributed by atoms with Crippen LogP contribution in [0.5, 0.6) is 0 Å². The van der Waals surface area contributed by atoms with Crippen LogP contribution in [0.4, 0.5) is 0 Å². The molecule has 0 bridgehead atoms. The quantitative estimate of drug-likeness (QED) is 0.523. The molecule has 106 valence electrons. The van der Waals surface area contributed by atoms with E-state index in [0.717, 1.165) is 25.7 Å². The zero-order chi connectivity index (χ0) is 13.8. The van der Waals surface area contributed by atoms with Crippen LogP contribution in [-0.2, 0) is 9.47 Å². The van der Waals surface area contributed by atoms with E-state index in [-0.39, 0.29) is 18.3 Å². The molecular weight excluding hydrogens is 372 g/mol. The minimum atomic E-state index is 0.230. The Morgan fingerprint density at radius 3 is 2.32 bits per heavy atom. The fourth-order valence-corrected chi connectivity index (χ4v) is 3.65. The molecule has 2 aliphatic heterocycles. The van der Waals surface area contributed by atoms with Crippen molar-refractivity contribution in [2.75, 3.05) is 0 Å². The lowest BCUT2D eigenvalue weighted by atomic mass is 10.1. The van der Waals surface area contributed by atoms with Crippen LogP contribution in [0.25, 0.3) is 0 Å². The Hall–Kier alpha value is 0.180. The number of alkyl halides is 2. The van der Waals surface area contributed by atoms with Crippen LogP contribution in [0.2, 0.25) is 0 Å². The van der Waals surface area contributed by atoms with Gasteiger partial charge < -0.3 is 9.47 Å². The number of hydrogen-bond donors (Lipinski definition) is 0. The van der Waals surface area contributed by atoms with Crippen LogP contribution >= 0.6 is 31.9 Å². The molecule has 0 spiro atoms. The predicted molar refractivity (Wildman–Crippen MR) is 84.9 cm³/mol. The first-order valence-corrected chi connectivity index (χ1v) is 8.69. The number of fused-ring (bicyclic) bond motifs is 1. The molecule has 0 aromatic heterocycles. The molecule has 19 heavy (non-hydrogen) atoms. The highest BCUT2D eigenvalue weighted by atomic mass is 79.9. The lowest BCUT2D eigenvalue weighted by Crippen LogP contribution is -2.25. The molecule has 0 aliphatic carbocycles. The van der Waals surface area contributed by atoms with Crippen LogP contribution < -0.4 is 0 Å². The maximum absolute atomic E-state index is 6.12. The normalized spacial score (nSPS) is 37.2. The Morgan fingerprint density at radius 2 is 1.79 bits per heavy atom. The largest absolute Gasteiger partial charge is 0.371 e. The van der Waals surface area contributed by atoms with Gasteiger partial charge in [-0.2, -0.15) is 0 Å². The molecule has 0 N–H and O–H groups in total. The second-order valence-corrected chi connectivity index (χ2v) is 7.49. The van der Waals surface area contributed by atoms with Crippen LogP contribution in [0.1, 0.15) is 32.6 Å². The van der Waals surface area contributed by atoms with Crippen molar-refractivity contribution in [3.05, 3.63) is 12.2 Å². The van der Waals surface area contributed by atoms with Gasteiger partial charge in [-0.25, -0.2) is 0 Å². The molecule has 0 aromatic carbocycles. The SMILES string of the molecule is C#C/C=C\CC(Br)[C@H]1C[C@H]2O[C@@H](C(Br)CC)C[C@H]2O1. The molecule has 6 atom stereocenters. The lowest BCUT2D eigenvalue weighted by Gasteiger charge is -2.21. The maximum atomic E-state index is 6.12. The molecule has 2 saturated heterocycles. The van der Waals surface area contributed by atoms with Gasteiger partial charge in [0.25, 0.3) is 0 Å². The van der Waals surface area contributed by atoms with Crippen LogP contribution in [-0.4, -0.2) is 34.1 Å². The fourth-order valence-electron chi connectivity index (χ4n) is 2.75. The van der Waals surface area contributed by atoms with E-state index in [0.29, 0.717) is 15.8 Å². The molecule has 0 radical (unpaired) electrons. The highest BCUT2D eigenvalue weighted by Crippen LogP contribution is 2.39. The Bertz CT molecular complexity index is 350. The van der Waals surface area contributed by atoms with Crippen molar-refractivity contribution < 1.29 is 9.47 Å². The molecule has 2 heterocycles. The van der Waals surface area contributed by atoms with Crippen molar-refractivity contribution >= 4 is 31.9 Å². The van der Waals surface area contributed by atoms with E-state index in [1.165, 1.54) is 0 Å². The maximum Gasteiger partial charge on any atom is 0.0867 e. The van der Waals surface area contributed by atoms with E-state index >= 15 is 0 Å². The number of halogens is 2. The highest BCUT2D eigenvalue weighted by molar-refractivity contribution is 9.09. The summed E-state index contributed by atoms with van der Waals surface area (Å²) in [5.74, 6) is 2.51. The molecule has 2 rings (SSSR count). The monoisotopic (exact) mass is 390 g/mol. The third kappa shape index (κ3) is 3.85. The Morgan fingerprint density at radius 1 is 1.21 bits per heavy atom. The summed E-state index contributed by atoms with van der Waals surface area (Å²) in [4.78, 5) is 0.758. The van der Waals surface area contributed by atoms with Crippen molar-refractivity contribution in [1.29, 1.82) is 0 Å². The molecule has 2 nitrogen and oxygen atoms in total. The van der Waals surface area contributed by atoms with Gasteiger partial charge in [0.2, 0.25) is 0 Å². The van der Waals surface area contributed by atoms with Gasteiger partial charge in [-0.05, 0) is 18.9 Å². The summed E-state index contributed by atoms with van der Waals surface area (Å²) in [5.41, 5.74) is 0. The smallest absolute Gasteiger partial charge is 0.0867 e. The lowest BCUT2D eigenvalue weighted by molar-refractivity contribution is 0.0337. The number of terminal acetylenes is 1. The van der Waals surface area contributed by atoms with Gasteiger partial charge in [-0.15, -0.1) is 6.42 Å². The highest BCUT2D eigenvalue weighted by Gasteiger charge is 2.46. The van der Waals surface area contributed by atoms with Gasteiger partial charge in [-0.1, -0.05) is 50.8 Å². The van der Waals surface area contributed by atoms with E-state index < -0.39 is 0 Å². The van der Waals surface area contributed by atoms with Gasteiger partial charge in [0.1, 0.15) is 0 Å². The minimum absolute atomic E-state index is 0.230. The predicted octanol–water partition coefficient (Wildman–Crippen LogP) is 3.82. The van der Waals surface area contributed by atoms with Crippen molar-refractivity contribution in [3.8, 4) is 12.3 Å². The van der Waals surface area contributed by atoms with Crippen LogP contribution in [0, 0.1) is 12.3 Å². The summed E-state index contributed by atoms with van der Waals surface area (Å²) in [6.07, 6.45) is 14.0. The van der Waals surface area contributed by atoms with E-state index in [1.54, 1.807) is 6.08 Å². The number of ether oxygens (including phenoxy) is 2. The first-order valence-electron chi connectivity index (χ1n) is 6.85. The van der Waals surface area contributed by atoms with E-state index in [2.05, 4.69) is 44.7 Å². The average Bonchev–Trinajstić information content (AvgIpc) is 2.96. The number of allylic oxidation sites excluding steroid dienone is 2. The molecule has 0 saturated carbocycles. The number of rotatable bonds is 5. The topological polar surface area (TPSA) is 18.5 Å². The first kappa shape index (κ1) is 15.6. The molecule has 2 fully saturated rings. The van der Waals surface area contributed by atoms with Gasteiger partial charge in [-0.3, -0.25) is 0 Å².